The Labute approximate surface area is 132 Å². The number of carbonyl (C=O) groups excluding carboxylic acids is 2. The van der Waals surface area contributed by atoms with Crippen molar-refractivity contribution in [2.45, 2.75) is 6.42 Å². The number of hydrogen-bond donors (Lipinski definition) is 1. The second-order valence-electron chi connectivity index (χ2n) is 5.01. The molecular formula is C16H13ClN2O3. The molecule has 0 spiro atoms. The number of nitrogens with zero attached hydrogens (tertiary/aromatic N) is 2. The van der Waals surface area contributed by atoms with Gasteiger partial charge >= 0.3 is 0 Å². The maximum absolute atomic E-state index is 12.5. The third kappa shape index (κ3) is 2.40. The van der Waals surface area contributed by atoms with Crippen molar-refractivity contribution in [3.05, 3.63) is 47.5 Å². The lowest BCUT2D eigenvalue weighted by molar-refractivity contribution is -0.125. The van der Waals surface area contributed by atoms with Crippen molar-refractivity contribution in [3.8, 4) is 5.75 Å². The summed E-state index contributed by atoms with van der Waals surface area (Å²) in [5, 5.41) is 9.88. The van der Waals surface area contributed by atoms with Crippen molar-refractivity contribution in [2.75, 3.05) is 16.8 Å². The molecule has 112 valence electrons. The molecule has 22 heavy (non-hydrogen) atoms. The number of phenols is 1. The van der Waals surface area contributed by atoms with E-state index in [9.17, 15) is 14.7 Å². The number of aromatic hydroxyl groups is 1. The summed E-state index contributed by atoms with van der Waals surface area (Å²) in [4.78, 5) is 27.5. The zero-order valence-electron chi connectivity index (χ0n) is 11.8. The Morgan fingerprint density at radius 3 is 2.36 bits per heavy atom. The Hall–Kier alpha value is -2.53. The van der Waals surface area contributed by atoms with Crippen molar-refractivity contribution < 1.29 is 14.7 Å². The van der Waals surface area contributed by atoms with Gasteiger partial charge in [0.2, 0.25) is 11.8 Å². The molecule has 0 radical (unpaired) electrons. The van der Waals surface area contributed by atoms with Crippen LogP contribution in [0.15, 0.2) is 42.5 Å². The van der Waals surface area contributed by atoms with Crippen LogP contribution in [0.25, 0.3) is 0 Å². The molecule has 6 heteroatoms. The number of carbonyl (C=O) groups is 2. The maximum Gasteiger partial charge on any atom is 0.241 e. The summed E-state index contributed by atoms with van der Waals surface area (Å²) in [6, 6.07) is 11.3. The lowest BCUT2D eigenvalue weighted by atomic mass is 10.2. The van der Waals surface area contributed by atoms with Crippen LogP contribution in [0, 0.1) is 0 Å². The van der Waals surface area contributed by atoms with Crippen molar-refractivity contribution in [2.24, 2.45) is 0 Å². The molecule has 3 rings (SSSR count). The molecule has 1 N–H and O–H groups in total. The normalized spacial score (nSPS) is 14.8. The van der Waals surface area contributed by atoms with Crippen molar-refractivity contribution in [1.29, 1.82) is 0 Å². The Morgan fingerprint density at radius 1 is 1.00 bits per heavy atom. The van der Waals surface area contributed by atoms with Gasteiger partial charge in [0.1, 0.15) is 12.2 Å². The SMILES string of the molecule is CN1C(=O)CC(=O)N([13c]2[13cH][13cH][13c](O)[13cH][13cH]2)c2cc(Cl)ccc21. The molecule has 0 saturated heterocycles. The van der Waals surface area contributed by atoms with Crippen molar-refractivity contribution in [3.63, 3.8) is 0 Å². The topological polar surface area (TPSA) is 60.9 Å². The molecule has 0 atom stereocenters. The molecule has 1 heterocycles. The minimum atomic E-state index is -0.344. The molecule has 0 bridgehead atoms. The first-order chi connectivity index (χ1) is 10.5. The fourth-order valence-corrected chi connectivity index (χ4v) is 2.61. The number of hydrogen-bond acceptors (Lipinski definition) is 3. The third-order valence-electron chi connectivity index (χ3n) is 3.57. The quantitative estimate of drug-likeness (QED) is 0.821. The standard InChI is InChI=1S/C16H13ClN2O3/c1-18-13-7-2-10(17)8-14(13)19(16(22)9-15(18)21)11-3-5-12(20)6-4-11/h2-8,20H,9H2,1H3/i3+1,4+1,5+1,6+1,11+1,12+1. The van der Waals surface area contributed by atoms with E-state index in [1.807, 2.05) is 0 Å². The fourth-order valence-electron chi connectivity index (χ4n) is 2.44. The molecule has 1 aliphatic rings. The van der Waals surface area contributed by atoms with E-state index in [1.165, 1.54) is 21.9 Å². The summed E-state index contributed by atoms with van der Waals surface area (Å²) >= 11 is 6.06. The van der Waals surface area contributed by atoms with Crippen LogP contribution in [-0.4, -0.2) is 24.0 Å². The van der Waals surface area contributed by atoms with E-state index in [-0.39, 0.29) is 24.0 Å². The highest BCUT2D eigenvalue weighted by Crippen LogP contribution is 2.39. The molecule has 2 aromatic carbocycles. The monoisotopic (exact) mass is 322 g/mol. The fraction of sp³-hybridized carbons (Fsp3) is 0.125. The molecule has 0 aliphatic carbocycles. The van der Waals surface area contributed by atoms with Crippen LogP contribution in [0.3, 0.4) is 0 Å². The number of amides is 2. The summed E-state index contributed by atoms with van der Waals surface area (Å²) in [5.41, 5.74) is 1.71. The molecule has 0 saturated carbocycles. The molecule has 0 unspecified atom stereocenters. The van der Waals surface area contributed by atoms with Crippen LogP contribution >= 0.6 is 11.6 Å². The van der Waals surface area contributed by atoms with Gasteiger partial charge in [-0.2, -0.15) is 0 Å². The maximum atomic E-state index is 12.5. The molecule has 0 aromatic heterocycles. The van der Waals surface area contributed by atoms with Gasteiger partial charge in [-0.15, -0.1) is 0 Å². The van der Waals surface area contributed by atoms with Gasteiger partial charge in [-0.3, -0.25) is 14.5 Å². The smallest absolute Gasteiger partial charge is 0.241 e. The summed E-state index contributed by atoms with van der Waals surface area (Å²) in [6.07, 6.45) is -0.232. The average molecular weight is 323 g/mol. The van der Waals surface area contributed by atoms with Gasteiger partial charge in [0, 0.05) is 17.8 Å². The number of phenolic OH excluding ortho intramolecular Hbond substituents is 1. The van der Waals surface area contributed by atoms with Crippen molar-refractivity contribution in [1.82, 2.24) is 0 Å². The van der Waals surface area contributed by atoms with Gasteiger partial charge in [0.15, 0.2) is 0 Å². The van der Waals surface area contributed by atoms with Crippen LogP contribution in [0.5, 0.6) is 5.75 Å². The van der Waals surface area contributed by atoms with E-state index >= 15 is 0 Å². The van der Waals surface area contributed by atoms with Gasteiger partial charge in [0.05, 0.1) is 11.4 Å². The third-order valence-corrected chi connectivity index (χ3v) is 3.81. The van der Waals surface area contributed by atoms with Crippen LogP contribution in [0.1, 0.15) is 6.42 Å². The predicted molar refractivity (Wildman–Crippen MR) is 84.7 cm³/mol. The first kappa shape index (κ1) is 14.4. The van der Waals surface area contributed by atoms with Crippen LogP contribution < -0.4 is 9.80 Å². The minimum absolute atomic E-state index is 0.102. The van der Waals surface area contributed by atoms with Crippen LogP contribution in [0.4, 0.5) is 17.1 Å². The van der Waals surface area contributed by atoms with Gasteiger partial charge < -0.3 is 10.0 Å². The molecule has 1 aliphatic heterocycles. The lowest BCUT2D eigenvalue weighted by Crippen LogP contribution is -2.28. The van der Waals surface area contributed by atoms with Gasteiger partial charge in [-0.05, 0) is 42.5 Å². The van der Waals surface area contributed by atoms with Gasteiger partial charge in [-0.25, -0.2) is 0 Å². The highest BCUT2D eigenvalue weighted by Gasteiger charge is 2.30. The van der Waals surface area contributed by atoms with Gasteiger partial charge in [0.25, 0.3) is 0 Å². The summed E-state index contributed by atoms with van der Waals surface area (Å²) in [7, 11) is 1.63. The van der Waals surface area contributed by atoms with E-state index in [0.717, 1.165) is 0 Å². The van der Waals surface area contributed by atoms with E-state index in [0.29, 0.717) is 22.1 Å². The van der Waals surface area contributed by atoms with Crippen molar-refractivity contribution >= 4 is 40.5 Å². The first-order valence-electron chi connectivity index (χ1n) is 6.65. The van der Waals surface area contributed by atoms with E-state index < -0.39 is 0 Å². The number of rotatable bonds is 1. The van der Waals surface area contributed by atoms with Gasteiger partial charge in [-0.1, -0.05) is 11.6 Å². The molecule has 5 nitrogen and oxygen atoms in total. The Balaban J connectivity index is 2.22. The predicted octanol–water partition coefficient (Wildman–Crippen LogP) is 3.08. The summed E-state index contributed by atoms with van der Waals surface area (Å²) in [6.45, 7) is 0. The largest absolute Gasteiger partial charge is 0.508 e. The lowest BCUT2D eigenvalue weighted by Gasteiger charge is -2.24. The van der Waals surface area contributed by atoms with E-state index in [2.05, 4.69) is 0 Å². The number of halogens is 1. The Morgan fingerprint density at radius 2 is 1.68 bits per heavy atom. The minimum Gasteiger partial charge on any atom is -0.508 e. The van der Waals surface area contributed by atoms with Crippen LogP contribution in [-0.2, 0) is 9.59 Å². The first-order valence-corrected chi connectivity index (χ1v) is 7.03. The number of benzene rings is 2. The second kappa shape index (κ2) is 5.35. The van der Waals surface area contributed by atoms with E-state index in [1.54, 1.807) is 37.4 Å². The summed E-state index contributed by atoms with van der Waals surface area (Å²) < 4.78 is 0. The number of fused-ring (bicyclic) bond motifs is 1. The second-order valence-corrected chi connectivity index (χ2v) is 5.44. The Kier molecular flexibility index (Phi) is 3.50. The zero-order chi connectivity index (χ0) is 15.9. The van der Waals surface area contributed by atoms with Crippen LogP contribution in [0.2, 0.25) is 5.02 Å². The van der Waals surface area contributed by atoms with E-state index in [4.69, 9.17) is 11.6 Å². The highest BCUT2D eigenvalue weighted by atomic mass is 35.5. The molecular weight excluding hydrogens is 310 g/mol. The highest BCUT2D eigenvalue weighted by molar-refractivity contribution is 6.31. The zero-order valence-corrected chi connectivity index (χ0v) is 12.5. The number of anilines is 3. The molecule has 2 aromatic rings. The summed E-state index contributed by atoms with van der Waals surface area (Å²) in [5.74, 6) is -0.524. The molecule has 0 fully saturated rings. The average Bonchev–Trinajstić information content (AvgIpc) is 2.56. The Bertz CT molecular complexity index is 758. The molecule has 2 amide bonds.